The molecule has 0 spiro atoms. The van der Waals surface area contributed by atoms with Crippen molar-refractivity contribution in [3.8, 4) is 0 Å². The van der Waals surface area contributed by atoms with Crippen LogP contribution >= 0.6 is 0 Å². The second-order valence-electron chi connectivity index (χ2n) is 5.49. The Balaban J connectivity index is 2.04. The van der Waals surface area contributed by atoms with Crippen molar-refractivity contribution < 1.29 is 9.90 Å². The zero-order chi connectivity index (χ0) is 16.4. The number of aliphatic hydroxyl groups excluding tert-OH is 1. The maximum Gasteiger partial charge on any atom is 0.179 e. The van der Waals surface area contributed by atoms with E-state index in [1.54, 1.807) is 10.9 Å². The largest absolute Gasteiger partial charge is 0.396 e. The molecule has 0 aliphatic rings. The van der Waals surface area contributed by atoms with Crippen LogP contribution in [0.2, 0.25) is 0 Å². The highest BCUT2D eigenvalue weighted by Crippen LogP contribution is 2.23. The summed E-state index contributed by atoms with van der Waals surface area (Å²) in [6, 6.07) is 9.75. The number of ketones is 1. The highest BCUT2D eigenvalue weighted by atomic mass is 16.3. The van der Waals surface area contributed by atoms with Crippen LogP contribution in [0.15, 0.2) is 36.5 Å². The van der Waals surface area contributed by atoms with Gasteiger partial charge in [-0.2, -0.15) is 0 Å². The van der Waals surface area contributed by atoms with E-state index < -0.39 is 0 Å². The normalized spacial score (nSPS) is 12.5. The molecule has 23 heavy (non-hydrogen) atoms. The lowest BCUT2D eigenvalue weighted by Gasteiger charge is -2.15. The Labute approximate surface area is 133 Å². The summed E-state index contributed by atoms with van der Waals surface area (Å²) < 4.78 is 1.63. The van der Waals surface area contributed by atoms with Gasteiger partial charge in [-0.25, -0.2) is 4.68 Å². The van der Waals surface area contributed by atoms with E-state index in [0.29, 0.717) is 17.8 Å². The molecule has 1 N–H and O–H groups in total. The Morgan fingerprint density at radius 1 is 1.35 bits per heavy atom. The fourth-order valence-corrected chi connectivity index (χ4v) is 2.73. The number of aromatic nitrogens is 4. The van der Waals surface area contributed by atoms with Crippen molar-refractivity contribution in [2.24, 2.45) is 0 Å². The van der Waals surface area contributed by atoms with Crippen molar-refractivity contribution in [2.75, 3.05) is 6.61 Å². The van der Waals surface area contributed by atoms with E-state index in [4.69, 9.17) is 5.11 Å². The summed E-state index contributed by atoms with van der Waals surface area (Å²) in [4.78, 5) is 16.3. The van der Waals surface area contributed by atoms with E-state index in [1.165, 1.54) is 6.92 Å². The summed E-state index contributed by atoms with van der Waals surface area (Å²) in [6.07, 6.45) is 2.08. The summed E-state index contributed by atoms with van der Waals surface area (Å²) in [5.41, 5.74) is 2.94. The van der Waals surface area contributed by atoms with E-state index >= 15 is 0 Å². The molecule has 0 saturated heterocycles. The number of hydrogen-bond acceptors (Lipinski definition) is 5. The predicted molar refractivity (Wildman–Crippen MR) is 86.4 cm³/mol. The molecule has 1 atom stereocenters. The van der Waals surface area contributed by atoms with Crippen molar-refractivity contribution in [1.82, 2.24) is 20.0 Å². The lowest BCUT2D eigenvalue weighted by atomic mass is 10.0. The minimum atomic E-state index is -0.140. The molecule has 1 aromatic carbocycles. The van der Waals surface area contributed by atoms with Crippen LogP contribution < -0.4 is 0 Å². The van der Waals surface area contributed by atoms with Crippen LogP contribution in [-0.4, -0.2) is 37.5 Å². The van der Waals surface area contributed by atoms with Crippen LogP contribution in [0, 0.1) is 0 Å². The number of nitrogens with zero attached hydrogens (tertiary/aromatic N) is 4. The topological polar surface area (TPSA) is 80.9 Å². The van der Waals surface area contributed by atoms with Crippen LogP contribution in [0.25, 0.3) is 10.9 Å². The standard InChI is InChI=1S/C17H18N4O2/c1-11(13-5-6-15-14(10-13)4-3-8-18-15)21-17(12(2)23)16(7-9-22)19-20-21/h3-6,8,10-11,22H,7,9H2,1-2H3. The molecule has 0 radical (unpaired) electrons. The second kappa shape index (κ2) is 6.26. The number of hydrogen-bond donors (Lipinski definition) is 1. The first kappa shape index (κ1) is 15.3. The van der Waals surface area contributed by atoms with Gasteiger partial charge in [0.05, 0.1) is 17.3 Å². The van der Waals surface area contributed by atoms with Gasteiger partial charge in [0.25, 0.3) is 0 Å². The van der Waals surface area contributed by atoms with Crippen molar-refractivity contribution >= 4 is 16.7 Å². The molecule has 6 heteroatoms. The van der Waals surface area contributed by atoms with E-state index in [-0.39, 0.29) is 18.4 Å². The van der Waals surface area contributed by atoms with Gasteiger partial charge in [-0.1, -0.05) is 17.3 Å². The summed E-state index contributed by atoms with van der Waals surface area (Å²) in [7, 11) is 0. The predicted octanol–water partition coefficient (Wildman–Crippen LogP) is 2.17. The van der Waals surface area contributed by atoms with Gasteiger partial charge in [0.1, 0.15) is 5.69 Å². The molecule has 0 saturated carbocycles. The number of pyridine rings is 1. The lowest BCUT2D eigenvalue weighted by Crippen LogP contribution is -2.15. The van der Waals surface area contributed by atoms with Gasteiger partial charge in [-0.3, -0.25) is 9.78 Å². The molecular formula is C17H18N4O2. The summed E-state index contributed by atoms with van der Waals surface area (Å²) in [6.45, 7) is 3.41. The number of carbonyl (C=O) groups excluding carboxylic acids is 1. The maximum absolute atomic E-state index is 12.0. The monoisotopic (exact) mass is 310 g/mol. The van der Waals surface area contributed by atoms with Gasteiger partial charge < -0.3 is 5.11 Å². The molecule has 118 valence electrons. The van der Waals surface area contributed by atoms with E-state index in [0.717, 1.165) is 16.5 Å². The number of benzene rings is 1. The molecule has 2 heterocycles. The fraction of sp³-hybridized carbons (Fsp3) is 0.294. The van der Waals surface area contributed by atoms with E-state index in [9.17, 15) is 4.79 Å². The third-order valence-corrected chi connectivity index (χ3v) is 3.92. The van der Waals surface area contributed by atoms with E-state index in [2.05, 4.69) is 15.3 Å². The van der Waals surface area contributed by atoms with Crippen LogP contribution in [0.4, 0.5) is 0 Å². The number of carbonyl (C=O) groups is 1. The van der Waals surface area contributed by atoms with Crippen LogP contribution in [0.1, 0.15) is 41.6 Å². The minimum absolute atomic E-state index is 0.0605. The Morgan fingerprint density at radius 3 is 2.91 bits per heavy atom. The number of Topliss-reactive ketones (excluding diaryl/α,β-unsaturated/α-hetero) is 1. The van der Waals surface area contributed by atoms with Crippen molar-refractivity contribution in [3.05, 3.63) is 53.5 Å². The zero-order valence-corrected chi connectivity index (χ0v) is 13.1. The first-order chi connectivity index (χ1) is 11.1. The highest BCUT2D eigenvalue weighted by Gasteiger charge is 2.21. The zero-order valence-electron chi connectivity index (χ0n) is 13.1. The quantitative estimate of drug-likeness (QED) is 0.730. The molecule has 0 aliphatic heterocycles. The van der Waals surface area contributed by atoms with Crippen molar-refractivity contribution in [1.29, 1.82) is 0 Å². The van der Waals surface area contributed by atoms with Crippen molar-refractivity contribution in [3.63, 3.8) is 0 Å². The Bertz CT molecular complexity index is 857. The molecule has 0 fully saturated rings. The summed E-state index contributed by atoms with van der Waals surface area (Å²) in [5, 5.41) is 18.3. The average molecular weight is 310 g/mol. The maximum atomic E-state index is 12.0. The van der Waals surface area contributed by atoms with Gasteiger partial charge >= 0.3 is 0 Å². The first-order valence-corrected chi connectivity index (χ1v) is 7.52. The van der Waals surface area contributed by atoms with Crippen LogP contribution in [0.3, 0.4) is 0 Å². The van der Waals surface area contributed by atoms with Gasteiger partial charge in [0.2, 0.25) is 0 Å². The SMILES string of the molecule is CC(=O)c1c(CCO)nnn1C(C)c1ccc2ncccc2c1. The molecule has 6 nitrogen and oxygen atoms in total. The molecule has 2 aromatic heterocycles. The molecular weight excluding hydrogens is 292 g/mol. The Morgan fingerprint density at radius 2 is 2.17 bits per heavy atom. The highest BCUT2D eigenvalue weighted by molar-refractivity contribution is 5.93. The molecule has 1 unspecified atom stereocenters. The molecule has 0 aliphatic carbocycles. The molecule has 3 aromatic rings. The average Bonchev–Trinajstić information content (AvgIpc) is 2.98. The number of aliphatic hydroxyl groups is 1. The minimum Gasteiger partial charge on any atom is -0.396 e. The lowest BCUT2D eigenvalue weighted by molar-refractivity contribution is 0.100. The molecule has 3 rings (SSSR count). The third kappa shape index (κ3) is 2.85. The van der Waals surface area contributed by atoms with Gasteiger partial charge in [-0.05, 0) is 30.7 Å². The first-order valence-electron chi connectivity index (χ1n) is 7.52. The second-order valence-corrected chi connectivity index (χ2v) is 5.49. The molecule has 0 amide bonds. The Kier molecular flexibility index (Phi) is 4.16. The van der Waals surface area contributed by atoms with Crippen LogP contribution in [-0.2, 0) is 6.42 Å². The molecule has 0 bridgehead atoms. The summed E-state index contributed by atoms with van der Waals surface area (Å²) >= 11 is 0. The fourth-order valence-electron chi connectivity index (χ4n) is 2.73. The Hall–Kier alpha value is -2.60. The third-order valence-electron chi connectivity index (χ3n) is 3.92. The number of fused-ring (bicyclic) bond motifs is 1. The van der Waals surface area contributed by atoms with Gasteiger partial charge in [-0.15, -0.1) is 5.10 Å². The number of rotatable bonds is 5. The van der Waals surface area contributed by atoms with Gasteiger partial charge in [0, 0.05) is 31.5 Å². The van der Waals surface area contributed by atoms with Crippen molar-refractivity contribution in [2.45, 2.75) is 26.3 Å². The van der Waals surface area contributed by atoms with E-state index in [1.807, 2.05) is 37.3 Å². The van der Waals surface area contributed by atoms with Gasteiger partial charge in [0.15, 0.2) is 5.78 Å². The summed E-state index contributed by atoms with van der Waals surface area (Å²) in [5.74, 6) is -0.104. The van der Waals surface area contributed by atoms with Crippen LogP contribution in [0.5, 0.6) is 0 Å². The smallest absolute Gasteiger partial charge is 0.179 e.